The van der Waals surface area contributed by atoms with Crippen molar-refractivity contribution in [3.8, 4) is 11.5 Å². The van der Waals surface area contributed by atoms with Crippen molar-refractivity contribution >= 4 is 5.91 Å². The quantitative estimate of drug-likeness (QED) is 0.880. The molecule has 0 spiro atoms. The van der Waals surface area contributed by atoms with Gasteiger partial charge in [0, 0.05) is 6.20 Å². The van der Waals surface area contributed by atoms with E-state index in [-0.39, 0.29) is 23.6 Å². The van der Waals surface area contributed by atoms with Crippen LogP contribution in [0.5, 0.6) is 11.5 Å². The molecule has 1 aromatic carbocycles. The molecule has 0 aliphatic carbocycles. The number of methoxy groups -OCH3 is 1. The summed E-state index contributed by atoms with van der Waals surface area (Å²) >= 11 is 0. The van der Waals surface area contributed by atoms with Crippen LogP contribution in [0.25, 0.3) is 0 Å². The normalized spacial score (nSPS) is 10.1. The molecule has 0 aliphatic heterocycles. The highest BCUT2D eigenvalue weighted by atomic mass is 16.5. The van der Waals surface area contributed by atoms with Crippen LogP contribution in [0.3, 0.4) is 0 Å². The van der Waals surface area contributed by atoms with Crippen LogP contribution in [0.1, 0.15) is 21.7 Å². The van der Waals surface area contributed by atoms with Gasteiger partial charge in [0.15, 0.2) is 11.5 Å². The number of amides is 1. The lowest BCUT2D eigenvalue weighted by molar-refractivity contribution is 0.0947. The van der Waals surface area contributed by atoms with Crippen molar-refractivity contribution in [2.45, 2.75) is 13.5 Å². The molecule has 1 amide bonds. The van der Waals surface area contributed by atoms with E-state index in [1.807, 2.05) is 6.92 Å². The third-order valence-electron chi connectivity index (χ3n) is 2.73. The smallest absolute Gasteiger partial charge is 0.255 e. The van der Waals surface area contributed by atoms with Gasteiger partial charge in [0.25, 0.3) is 5.91 Å². The number of aromatic hydroxyl groups is 1. The van der Waals surface area contributed by atoms with Gasteiger partial charge in [-0.05, 0) is 19.1 Å². The fourth-order valence-corrected chi connectivity index (χ4v) is 1.65. The van der Waals surface area contributed by atoms with E-state index >= 15 is 0 Å². The van der Waals surface area contributed by atoms with Gasteiger partial charge in [-0.15, -0.1) is 0 Å². The Morgan fingerprint density at radius 3 is 2.80 bits per heavy atom. The van der Waals surface area contributed by atoms with Crippen LogP contribution in [-0.2, 0) is 6.54 Å². The highest BCUT2D eigenvalue weighted by Crippen LogP contribution is 2.29. The molecule has 6 nitrogen and oxygen atoms in total. The van der Waals surface area contributed by atoms with Crippen LogP contribution >= 0.6 is 0 Å². The zero-order chi connectivity index (χ0) is 14.5. The second-order valence-electron chi connectivity index (χ2n) is 4.19. The number of rotatable bonds is 4. The van der Waals surface area contributed by atoms with Crippen molar-refractivity contribution in [1.29, 1.82) is 0 Å². The third-order valence-corrected chi connectivity index (χ3v) is 2.73. The number of nitrogens with zero attached hydrogens (tertiary/aromatic N) is 2. The average molecular weight is 273 g/mol. The molecule has 0 atom stereocenters. The Balaban J connectivity index is 2.07. The zero-order valence-electron chi connectivity index (χ0n) is 11.3. The summed E-state index contributed by atoms with van der Waals surface area (Å²) in [5.74, 6) is -0.320. The zero-order valence-corrected chi connectivity index (χ0v) is 11.3. The molecule has 2 N–H and O–H groups in total. The first-order valence-corrected chi connectivity index (χ1v) is 6.03. The van der Waals surface area contributed by atoms with Gasteiger partial charge in [-0.3, -0.25) is 14.8 Å². The van der Waals surface area contributed by atoms with Gasteiger partial charge >= 0.3 is 0 Å². The van der Waals surface area contributed by atoms with E-state index in [9.17, 15) is 9.90 Å². The second kappa shape index (κ2) is 6.01. The number of carbonyl (C=O) groups is 1. The monoisotopic (exact) mass is 273 g/mol. The first-order valence-electron chi connectivity index (χ1n) is 6.03. The number of phenolic OH excluding ortho intramolecular Hbond substituents is 1. The van der Waals surface area contributed by atoms with Crippen molar-refractivity contribution in [1.82, 2.24) is 15.3 Å². The van der Waals surface area contributed by atoms with Crippen molar-refractivity contribution in [3.63, 3.8) is 0 Å². The molecule has 0 bridgehead atoms. The highest BCUT2D eigenvalue weighted by molar-refractivity contribution is 5.97. The van der Waals surface area contributed by atoms with Crippen molar-refractivity contribution in [2.75, 3.05) is 7.11 Å². The molecule has 0 saturated heterocycles. The Bertz CT molecular complexity index is 612. The number of phenols is 1. The summed E-state index contributed by atoms with van der Waals surface area (Å²) in [4.78, 5) is 20.2. The molecule has 0 radical (unpaired) electrons. The summed E-state index contributed by atoms with van der Waals surface area (Å²) in [6.45, 7) is 2.08. The second-order valence-corrected chi connectivity index (χ2v) is 4.19. The molecule has 0 fully saturated rings. The first kappa shape index (κ1) is 13.8. The van der Waals surface area contributed by atoms with Gasteiger partial charge in [0.1, 0.15) is 0 Å². The number of aryl methyl sites for hydroxylation is 1. The van der Waals surface area contributed by atoms with Gasteiger partial charge in [0.05, 0.1) is 36.8 Å². The summed E-state index contributed by atoms with van der Waals surface area (Å²) < 4.78 is 4.96. The van der Waals surface area contributed by atoms with Crippen LogP contribution in [0.4, 0.5) is 0 Å². The van der Waals surface area contributed by atoms with Crippen molar-refractivity contribution in [2.24, 2.45) is 0 Å². The number of ether oxygens (including phenoxy) is 1. The lowest BCUT2D eigenvalue weighted by Crippen LogP contribution is -2.23. The summed E-state index contributed by atoms with van der Waals surface area (Å²) in [5, 5.41) is 12.5. The lowest BCUT2D eigenvalue weighted by Gasteiger charge is -2.09. The molecular formula is C14H15N3O3. The molecule has 2 rings (SSSR count). The fraction of sp³-hybridized carbons (Fsp3) is 0.214. The van der Waals surface area contributed by atoms with Gasteiger partial charge in [-0.25, -0.2) is 0 Å². The van der Waals surface area contributed by atoms with Crippen LogP contribution < -0.4 is 10.1 Å². The number of aromatic nitrogens is 2. The van der Waals surface area contributed by atoms with Gasteiger partial charge in [-0.1, -0.05) is 6.07 Å². The molecule has 0 saturated carbocycles. The minimum atomic E-state index is -0.399. The Morgan fingerprint density at radius 2 is 2.15 bits per heavy atom. The molecule has 6 heteroatoms. The van der Waals surface area contributed by atoms with Crippen LogP contribution in [0, 0.1) is 6.92 Å². The highest BCUT2D eigenvalue weighted by Gasteiger charge is 2.14. The largest absolute Gasteiger partial charge is 0.504 e. The van der Waals surface area contributed by atoms with E-state index in [2.05, 4.69) is 15.3 Å². The number of hydrogen-bond donors (Lipinski definition) is 2. The van der Waals surface area contributed by atoms with Gasteiger partial charge in [-0.2, -0.15) is 0 Å². The minimum Gasteiger partial charge on any atom is -0.504 e. The summed E-state index contributed by atoms with van der Waals surface area (Å²) in [6.07, 6.45) is 3.23. The maximum absolute atomic E-state index is 12.0. The molecular weight excluding hydrogens is 258 g/mol. The van der Waals surface area contributed by atoms with E-state index in [0.717, 1.165) is 5.69 Å². The standard InChI is InChI=1S/C14H15N3O3/c1-9-6-16-10(7-15-9)8-17-14(19)11-4-3-5-12(20-2)13(11)18/h3-7,18H,8H2,1-2H3,(H,17,19). The number of nitrogens with one attached hydrogen (secondary N) is 1. The summed E-state index contributed by atoms with van der Waals surface area (Å²) in [5.41, 5.74) is 1.61. The Morgan fingerprint density at radius 1 is 1.35 bits per heavy atom. The number of carbonyl (C=O) groups excluding carboxylic acids is 1. The molecule has 1 aromatic heterocycles. The number of hydrogen-bond acceptors (Lipinski definition) is 5. The molecule has 0 aliphatic rings. The molecule has 20 heavy (non-hydrogen) atoms. The van der Waals surface area contributed by atoms with Crippen LogP contribution in [0.15, 0.2) is 30.6 Å². The predicted octanol–water partition coefficient (Wildman–Crippen LogP) is 1.43. The minimum absolute atomic E-state index is 0.157. The topological polar surface area (TPSA) is 84.3 Å². The first-order chi connectivity index (χ1) is 9.61. The van der Waals surface area contributed by atoms with Crippen LogP contribution in [0.2, 0.25) is 0 Å². The Hall–Kier alpha value is -2.63. The summed E-state index contributed by atoms with van der Waals surface area (Å²) in [7, 11) is 1.43. The molecule has 0 unspecified atom stereocenters. The third kappa shape index (κ3) is 3.03. The van der Waals surface area contributed by atoms with E-state index in [1.54, 1.807) is 24.5 Å². The van der Waals surface area contributed by atoms with Gasteiger partial charge < -0.3 is 15.2 Å². The SMILES string of the molecule is COc1cccc(C(=O)NCc2cnc(C)cn2)c1O. The predicted molar refractivity (Wildman–Crippen MR) is 72.6 cm³/mol. The van der Waals surface area contributed by atoms with E-state index < -0.39 is 5.91 Å². The lowest BCUT2D eigenvalue weighted by atomic mass is 10.1. The van der Waals surface area contributed by atoms with Gasteiger partial charge in [0.2, 0.25) is 0 Å². The van der Waals surface area contributed by atoms with E-state index in [1.165, 1.54) is 13.2 Å². The fourth-order valence-electron chi connectivity index (χ4n) is 1.65. The maximum atomic E-state index is 12.0. The molecule has 1 heterocycles. The van der Waals surface area contributed by atoms with Crippen LogP contribution in [-0.4, -0.2) is 28.1 Å². The number of benzene rings is 1. The Kier molecular flexibility index (Phi) is 4.14. The molecule has 104 valence electrons. The maximum Gasteiger partial charge on any atom is 0.255 e. The van der Waals surface area contributed by atoms with E-state index in [4.69, 9.17) is 4.74 Å². The van der Waals surface area contributed by atoms with E-state index in [0.29, 0.717) is 5.69 Å². The Labute approximate surface area is 116 Å². The average Bonchev–Trinajstić information content (AvgIpc) is 2.46. The number of para-hydroxylation sites is 1. The van der Waals surface area contributed by atoms with Crippen molar-refractivity contribution in [3.05, 3.63) is 47.5 Å². The van der Waals surface area contributed by atoms with Crippen molar-refractivity contribution < 1.29 is 14.6 Å². The summed E-state index contributed by atoms with van der Waals surface area (Å²) in [6, 6.07) is 4.74. The molecule has 2 aromatic rings.